The number of likely N-dealkylation sites (tertiary alicyclic amines) is 1. The average molecular weight is 467 g/mol. The standard InChI is InChI=1S/C18H37N5O.HI/c1-6-19-17(21-14-16(24)22-18(3,4)5)20-11-8-15-9-12-23(7-2)13-10-15;/h15H,6-14H2,1-5H3,(H,22,24)(H2,19,20,21);1H. The van der Waals surface area contributed by atoms with E-state index in [2.05, 4.69) is 32.8 Å². The van der Waals surface area contributed by atoms with Gasteiger partial charge in [0, 0.05) is 18.6 Å². The molecule has 1 amide bonds. The molecule has 0 saturated carbocycles. The molecule has 6 nitrogen and oxygen atoms in total. The predicted octanol–water partition coefficient (Wildman–Crippen LogP) is 2.20. The summed E-state index contributed by atoms with van der Waals surface area (Å²) in [4.78, 5) is 18.8. The van der Waals surface area contributed by atoms with Gasteiger partial charge < -0.3 is 20.9 Å². The fourth-order valence-corrected chi connectivity index (χ4v) is 2.94. The van der Waals surface area contributed by atoms with Gasteiger partial charge in [-0.2, -0.15) is 0 Å². The van der Waals surface area contributed by atoms with E-state index in [-0.39, 0.29) is 42.0 Å². The van der Waals surface area contributed by atoms with Crippen LogP contribution in [0.5, 0.6) is 0 Å². The lowest BCUT2D eigenvalue weighted by atomic mass is 9.93. The lowest BCUT2D eigenvalue weighted by Crippen LogP contribution is -2.43. The molecule has 1 fully saturated rings. The molecule has 25 heavy (non-hydrogen) atoms. The second kappa shape index (κ2) is 12.7. The molecule has 0 aliphatic carbocycles. The zero-order valence-corrected chi connectivity index (χ0v) is 19.0. The number of amides is 1. The maximum absolute atomic E-state index is 11.9. The van der Waals surface area contributed by atoms with Crippen LogP contribution in [0.3, 0.4) is 0 Å². The number of piperidine rings is 1. The van der Waals surface area contributed by atoms with Crippen molar-refractivity contribution in [3.8, 4) is 0 Å². The maximum atomic E-state index is 11.9. The zero-order valence-electron chi connectivity index (χ0n) is 16.7. The first kappa shape index (κ1) is 24.4. The Morgan fingerprint density at radius 1 is 1.16 bits per heavy atom. The van der Waals surface area contributed by atoms with Crippen LogP contribution >= 0.6 is 24.0 Å². The molecule has 1 saturated heterocycles. The van der Waals surface area contributed by atoms with Gasteiger partial charge in [0.05, 0.1) is 0 Å². The number of nitrogens with one attached hydrogen (secondary N) is 3. The summed E-state index contributed by atoms with van der Waals surface area (Å²) in [5.41, 5.74) is -0.217. The number of aliphatic imine (C=N–C) groups is 1. The zero-order chi connectivity index (χ0) is 18.0. The van der Waals surface area contributed by atoms with Crippen LogP contribution in [0.25, 0.3) is 0 Å². The molecule has 0 aromatic rings. The van der Waals surface area contributed by atoms with Gasteiger partial charge >= 0.3 is 0 Å². The van der Waals surface area contributed by atoms with Crippen molar-refractivity contribution in [2.24, 2.45) is 10.9 Å². The molecule has 0 unspecified atom stereocenters. The summed E-state index contributed by atoms with van der Waals surface area (Å²) in [5.74, 6) is 1.48. The first-order chi connectivity index (χ1) is 11.3. The molecule has 1 aliphatic rings. The molecule has 3 N–H and O–H groups in total. The number of halogens is 1. The molecular formula is C18H38IN5O. The number of guanidine groups is 1. The first-order valence-corrected chi connectivity index (χ1v) is 9.39. The quantitative estimate of drug-likeness (QED) is 0.305. The van der Waals surface area contributed by atoms with Gasteiger partial charge in [-0.05, 0) is 72.5 Å². The summed E-state index contributed by atoms with van der Waals surface area (Å²) in [6, 6.07) is 0. The van der Waals surface area contributed by atoms with E-state index in [4.69, 9.17) is 0 Å². The molecule has 1 rings (SSSR count). The molecule has 0 bridgehead atoms. The third kappa shape index (κ3) is 11.6. The van der Waals surface area contributed by atoms with Crippen molar-refractivity contribution in [2.75, 3.05) is 39.3 Å². The van der Waals surface area contributed by atoms with Gasteiger partial charge in [-0.1, -0.05) is 6.92 Å². The molecule has 1 aliphatic heterocycles. The number of rotatable bonds is 7. The first-order valence-electron chi connectivity index (χ1n) is 9.39. The Labute approximate surface area is 171 Å². The van der Waals surface area contributed by atoms with Gasteiger partial charge in [0.25, 0.3) is 0 Å². The lowest BCUT2D eigenvalue weighted by molar-refractivity contribution is -0.121. The van der Waals surface area contributed by atoms with Crippen molar-refractivity contribution in [3.63, 3.8) is 0 Å². The summed E-state index contributed by atoms with van der Waals surface area (Å²) in [7, 11) is 0. The summed E-state index contributed by atoms with van der Waals surface area (Å²) < 4.78 is 0. The maximum Gasteiger partial charge on any atom is 0.242 e. The van der Waals surface area contributed by atoms with Crippen molar-refractivity contribution < 1.29 is 4.79 Å². The van der Waals surface area contributed by atoms with Crippen LogP contribution in [0.1, 0.15) is 53.9 Å². The van der Waals surface area contributed by atoms with Gasteiger partial charge in [0.1, 0.15) is 6.54 Å². The highest BCUT2D eigenvalue weighted by Gasteiger charge is 2.17. The highest BCUT2D eigenvalue weighted by molar-refractivity contribution is 14.0. The van der Waals surface area contributed by atoms with E-state index < -0.39 is 0 Å². The van der Waals surface area contributed by atoms with Gasteiger partial charge in [0.15, 0.2) is 5.96 Å². The Bertz CT molecular complexity index is 401. The number of hydrogen-bond donors (Lipinski definition) is 3. The molecule has 0 aromatic heterocycles. The lowest BCUT2D eigenvalue weighted by Gasteiger charge is -2.31. The van der Waals surface area contributed by atoms with E-state index in [1.807, 2.05) is 27.7 Å². The topological polar surface area (TPSA) is 68.8 Å². The monoisotopic (exact) mass is 467 g/mol. The number of carbonyl (C=O) groups excluding carboxylic acids is 1. The Kier molecular flexibility index (Phi) is 12.4. The van der Waals surface area contributed by atoms with E-state index in [0.29, 0.717) is 0 Å². The molecule has 0 aromatic carbocycles. The van der Waals surface area contributed by atoms with Crippen molar-refractivity contribution in [1.29, 1.82) is 0 Å². The number of hydrogen-bond acceptors (Lipinski definition) is 3. The van der Waals surface area contributed by atoms with Crippen molar-refractivity contribution in [2.45, 2.75) is 59.4 Å². The van der Waals surface area contributed by atoms with E-state index in [1.54, 1.807) is 0 Å². The summed E-state index contributed by atoms with van der Waals surface area (Å²) >= 11 is 0. The van der Waals surface area contributed by atoms with Crippen molar-refractivity contribution in [3.05, 3.63) is 0 Å². The van der Waals surface area contributed by atoms with Crippen LogP contribution in [0, 0.1) is 5.92 Å². The fraction of sp³-hybridized carbons (Fsp3) is 0.889. The molecule has 0 spiro atoms. The third-order valence-electron chi connectivity index (χ3n) is 4.24. The minimum atomic E-state index is -0.217. The molecule has 0 radical (unpaired) electrons. The van der Waals surface area contributed by atoms with E-state index >= 15 is 0 Å². The Hall–Kier alpha value is -0.570. The summed E-state index contributed by atoms with van der Waals surface area (Å²) in [6.45, 7) is 15.7. The molecule has 0 atom stereocenters. The van der Waals surface area contributed by atoms with Crippen LogP contribution in [0.2, 0.25) is 0 Å². The van der Waals surface area contributed by atoms with Gasteiger partial charge in [-0.3, -0.25) is 4.79 Å². The van der Waals surface area contributed by atoms with Crippen molar-refractivity contribution >= 4 is 35.8 Å². The Balaban J connectivity index is 0.00000576. The summed E-state index contributed by atoms with van der Waals surface area (Å²) in [5, 5.41) is 9.49. The van der Waals surface area contributed by atoms with Crippen LogP contribution in [0.15, 0.2) is 4.99 Å². The van der Waals surface area contributed by atoms with Crippen LogP contribution in [-0.2, 0) is 4.79 Å². The summed E-state index contributed by atoms with van der Waals surface area (Å²) in [6.07, 6.45) is 3.74. The molecule has 1 heterocycles. The van der Waals surface area contributed by atoms with E-state index in [0.717, 1.165) is 31.4 Å². The SMILES string of the molecule is CCNC(=NCC(=O)NC(C)(C)C)NCCC1CCN(CC)CC1.I. The van der Waals surface area contributed by atoms with Gasteiger partial charge in [0.2, 0.25) is 5.91 Å². The van der Waals surface area contributed by atoms with Crippen LogP contribution < -0.4 is 16.0 Å². The fourth-order valence-electron chi connectivity index (χ4n) is 2.94. The van der Waals surface area contributed by atoms with Crippen LogP contribution in [-0.4, -0.2) is 61.6 Å². The van der Waals surface area contributed by atoms with Gasteiger partial charge in [-0.25, -0.2) is 4.99 Å². The normalized spacial score (nSPS) is 16.9. The highest BCUT2D eigenvalue weighted by Crippen LogP contribution is 2.19. The Morgan fingerprint density at radius 3 is 2.32 bits per heavy atom. The number of carbonyl (C=O) groups is 1. The minimum Gasteiger partial charge on any atom is -0.357 e. The second-order valence-electron chi connectivity index (χ2n) is 7.59. The predicted molar refractivity (Wildman–Crippen MR) is 117 cm³/mol. The second-order valence-corrected chi connectivity index (χ2v) is 7.59. The molecule has 148 valence electrons. The van der Waals surface area contributed by atoms with E-state index in [1.165, 1.54) is 32.5 Å². The third-order valence-corrected chi connectivity index (χ3v) is 4.24. The van der Waals surface area contributed by atoms with E-state index in [9.17, 15) is 4.79 Å². The highest BCUT2D eigenvalue weighted by atomic mass is 127. The van der Waals surface area contributed by atoms with Crippen LogP contribution in [0.4, 0.5) is 0 Å². The minimum absolute atomic E-state index is 0. The average Bonchev–Trinajstić information content (AvgIpc) is 2.51. The number of nitrogens with zero attached hydrogens (tertiary/aromatic N) is 2. The largest absolute Gasteiger partial charge is 0.357 e. The van der Waals surface area contributed by atoms with Crippen molar-refractivity contribution in [1.82, 2.24) is 20.9 Å². The molecular weight excluding hydrogens is 429 g/mol. The Morgan fingerprint density at radius 2 is 1.80 bits per heavy atom. The van der Waals surface area contributed by atoms with Gasteiger partial charge in [-0.15, -0.1) is 24.0 Å². The molecule has 7 heteroatoms. The smallest absolute Gasteiger partial charge is 0.242 e.